The molecule has 0 bridgehead atoms. The summed E-state index contributed by atoms with van der Waals surface area (Å²) in [6.45, 7) is 9.11. The van der Waals surface area contributed by atoms with Crippen molar-refractivity contribution in [2.24, 2.45) is 11.3 Å². The summed E-state index contributed by atoms with van der Waals surface area (Å²) in [6.07, 6.45) is 3.16. The quantitative estimate of drug-likeness (QED) is 0.670. The molecule has 0 spiro atoms. The standard InChI is InChI=1S/C20H21N3/c1-11-13-7-5-6-8-15(13)21-10-17(11)23-12(2)22-16-9-14-18(19(16)23)20(14,3)4/h5-8,10,14,18H,9H2,1-4H3/t14-,18-/m1/s1. The average molecular weight is 303 g/mol. The molecule has 0 unspecified atom stereocenters. The van der Waals surface area contributed by atoms with Gasteiger partial charge in [-0.15, -0.1) is 0 Å². The van der Waals surface area contributed by atoms with Gasteiger partial charge in [0.1, 0.15) is 5.82 Å². The maximum absolute atomic E-state index is 4.87. The van der Waals surface area contributed by atoms with Gasteiger partial charge in [0.15, 0.2) is 0 Å². The highest BCUT2D eigenvalue weighted by atomic mass is 15.1. The Morgan fingerprint density at radius 2 is 1.96 bits per heavy atom. The normalized spacial score (nSPS) is 23.8. The number of rotatable bonds is 1. The van der Waals surface area contributed by atoms with Crippen molar-refractivity contribution in [1.29, 1.82) is 0 Å². The Balaban J connectivity index is 1.77. The minimum atomic E-state index is 0.426. The molecule has 1 fully saturated rings. The van der Waals surface area contributed by atoms with E-state index >= 15 is 0 Å². The lowest BCUT2D eigenvalue weighted by atomic mass is 10.0. The lowest BCUT2D eigenvalue weighted by Gasteiger charge is -2.16. The summed E-state index contributed by atoms with van der Waals surface area (Å²) in [4.78, 5) is 9.56. The van der Waals surface area contributed by atoms with Crippen LogP contribution in [0, 0.1) is 25.2 Å². The zero-order valence-corrected chi connectivity index (χ0v) is 14.1. The third-order valence-electron chi connectivity index (χ3n) is 6.17. The van der Waals surface area contributed by atoms with Crippen LogP contribution in [0.25, 0.3) is 16.6 Å². The molecule has 23 heavy (non-hydrogen) atoms. The van der Waals surface area contributed by atoms with Crippen LogP contribution in [-0.2, 0) is 6.42 Å². The molecule has 1 aromatic carbocycles. The summed E-state index contributed by atoms with van der Waals surface area (Å²) in [6, 6.07) is 8.38. The lowest BCUT2D eigenvalue weighted by Crippen LogP contribution is -2.07. The summed E-state index contributed by atoms with van der Waals surface area (Å²) >= 11 is 0. The molecular weight excluding hydrogens is 282 g/mol. The SMILES string of the molecule is Cc1c(-n2c(C)nc3c2[C@H]2[C@@H](C3)C2(C)C)cnc2ccccc12. The van der Waals surface area contributed by atoms with Gasteiger partial charge in [-0.05, 0) is 43.2 Å². The number of benzene rings is 1. The zero-order chi connectivity index (χ0) is 15.9. The van der Waals surface area contributed by atoms with Crippen molar-refractivity contribution < 1.29 is 0 Å². The number of pyridine rings is 1. The third kappa shape index (κ3) is 1.55. The Morgan fingerprint density at radius 3 is 2.78 bits per heavy atom. The second-order valence-electron chi connectivity index (χ2n) is 7.72. The first kappa shape index (κ1) is 13.3. The van der Waals surface area contributed by atoms with E-state index in [-0.39, 0.29) is 0 Å². The van der Waals surface area contributed by atoms with Crippen molar-refractivity contribution in [3.05, 3.63) is 53.2 Å². The van der Waals surface area contributed by atoms with Crippen LogP contribution in [0.5, 0.6) is 0 Å². The minimum absolute atomic E-state index is 0.426. The highest BCUT2D eigenvalue weighted by molar-refractivity contribution is 5.84. The monoisotopic (exact) mass is 303 g/mol. The van der Waals surface area contributed by atoms with Crippen LogP contribution in [0.4, 0.5) is 0 Å². The van der Waals surface area contributed by atoms with Crippen LogP contribution >= 0.6 is 0 Å². The molecule has 0 radical (unpaired) electrons. The lowest BCUT2D eigenvalue weighted by molar-refractivity contribution is 0.534. The van der Waals surface area contributed by atoms with Gasteiger partial charge in [0.25, 0.3) is 0 Å². The smallest absolute Gasteiger partial charge is 0.110 e. The van der Waals surface area contributed by atoms with Crippen LogP contribution in [-0.4, -0.2) is 14.5 Å². The summed E-state index contributed by atoms with van der Waals surface area (Å²) in [7, 11) is 0. The zero-order valence-electron chi connectivity index (χ0n) is 14.1. The molecule has 3 nitrogen and oxygen atoms in total. The van der Waals surface area contributed by atoms with E-state index in [9.17, 15) is 0 Å². The molecule has 1 saturated carbocycles. The molecule has 3 heteroatoms. The summed E-state index contributed by atoms with van der Waals surface area (Å²) in [5.41, 5.74) is 6.73. The van der Waals surface area contributed by atoms with E-state index in [0.717, 1.165) is 23.7 Å². The van der Waals surface area contributed by atoms with Gasteiger partial charge in [-0.1, -0.05) is 32.0 Å². The van der Waals surface area contributed by atoms with Crippen molar-refractivity contribution in [2.75, 3.05) is 0 Å². The van der Waals surface area contributed by atoms with Crippen molar-refractivity contribution in [1.82, 2.24) is 14.5 Å². The molecule has 2 aliphatic carbocycles. The van der Waals surface area contributed by atoms with Crippen LogP contribution in [0.2, 0.25) is 0 Å². The number of aryl methyl sites for hydroxylation is 2. The molecular formula is C20H21N3. The van der Waals surface area contributed by atoms with E-state index < -0.39 is 0 Å². The number of imidazole rings is 1. The molecule has 2 aliphatic rings. The number of hydrogen-bond acceptors (Lipinski definition) is 2. The fraction of sp³-hybridized carbons (Fsp3) is 0.400. The fourth-order valence-corrected chi connectivity index (χ4v) is 4.75. The second kappa shape index (κ2) is 4.02. The molecule has 3 aromatic rings. The van der Waals surface area contributed by atoms with E-state index in [1.165, 1.54) is 28.0 Å². The number of aromatic nitrogens is 3. The maximum atomic E-state index is 4.87. The molecule has 0 saturated heterocycles. The van der Waals surface area contributed by atoms with Gasteiger partial charge >= 0.3 is 0 Å². The van der Waals surface area contributed by atoms with Gasteiger partial charge in [0.2, 0.25) is 0 Å². The third-order valence-corrected chi connectivity index (χ3v) is 6.17. The van der Waals surface area contributed by atoms with Crippen LogP contribution in [0.15, 0.2) is 30.5 Å². The average Bonchev–Trinajstić information content (AvgIpc) is 2.84. The summed E-state index contributed by atoms with van der Waals surface area (Å²) in [5, 5.41) is 1.23. The largest absolute Gasteiger partial charge is 0.299 e. The van der Waals surface area contributed by atoms with Crippen molar-refractivity contribution in [3.8, 4) is 5.69 Å². The highest BCUT2D eigenvalue weighted by Gasteiger charge is 2.64. The topological polar surface area (TPSA) is 30.7 Å². The van der Waals surface area contributed by atoms with Crippen LogP contribution < -0.4 is 0 Å². The van der Waals surface area contributed by atoms with Gasteiger partial charge in [-0.3, -0.25) is 9.55 Å². The summed E-state index contributed by atoms with van der Waals surface area (Å²) in [5.74, 6) is 2.53. The van der Waals surface area contributed by atoms with Crippen LogP contribution in [0.1, 0.15) is 42.5 Å². The molecule has 2 atom stereocenters. The van der Waals surface area contributed by atoms with Crippen molar-refractivity contribution in [2.45, 2.75) is 40.0 Å². The maximum Gasteiger partial charge on any atom is 0.110 e. The van der Waals surface area contributed by atoms with E-state index in [0.29, 0.717) is 11.3 Å². The molecule has 5 rings (SSSR count). The highest BCUT2D eigenvalue weighted by Crippen LogP contribution is 2.70. The second-order valence-corrected chi connectivity index (χ2v) is 7.72. The molecule has 2 heterocycles. The number of hydrogen-bond donors (Lipinski definition) is 0. The first-order valence-corrected chi connectivity index (χ1v) is 8.43. The van der Waals surface area contributed by atoms with E-state index in [2.05, 4.69) is 50.5 Å². The van der Waals surface area contributed by atoms with Crippen molar-refractivity contribution >= 4 is 10.9 Å². The van der Waals surface area contributed by atoms with Crippen molar-refractivity contribution in [3.63, 3.8) is 0 Å². The molecule has 0 amide bonds. The number of fused-ring (bicyclic) bond motifs is 4. The Hall–Kier alpha value is -2.16. The number of para-hydroxylation sites is 1. The van der Waals surface area contributed by atoms with Gasteiger partial charge < -0.3 is 0 Å². The summed E-state index contributed by atoms with van der Waals surface area (Å²) < 4.78 is 2.38. The van der Waals surface area contributed by atoms with Gasteiger partial charge in [0, 0.05) is 17.0 Å². The van der Waals surface area contributed by atoms with E-state index in [1.54, 1.807) is 0 Å². The molecule has 0 aliphatic heterocycles. The van der Waals surface area contributed by atoms with E-state index in [1.807, 2.05) is 12.3 Å². The Labute approximate surface area is 136 Å². The molecule has 2 aromatic heterocycles. The fourth-order valence-electron chi connectivity index (χ4n) is 4.75. The predicted molar refractivity (Wildman–Crippen MR) is 92.1 cm³/mol. The Kier molecular flexibility index (Phi) is 2.33. The van der Waals surface area contributed by atoms with Gasteiger partial charge in [-0.2, -0.15) is 0 Å². The van der Waals surface area contributed by atoms with Gasteiger partial charge in [0.05, 0.1) is 23.1 Å². The Morgan fingerprint density at radius 1 is 1.17 bits per heavy atom. The molecule has 116 valence electrons. The minimum Gasteiger partial charge on any atom is -0.299 e. The first-order valence-electron chi connectivity index (χ1n) is 8.43. The van der Waals surface area contributed by atoms with Crippen LogP contribution in [0.3, 0.4) is 0 Å². The van der Waals surface area contributed by atoms with E-state index in [4.69, 9.17) is 9.97 Å². The molecule has 0 N–H and O–H groups in total. The predicted octanol–water partition coefficient (Wildman–Crippen LogP) is 4.33. The van der Waals surface area contributed by atoms with Gasteiger partial charge in [-0.25, -0.2) is 4.98 Å². The Bertz CT molecular complexity index is 964. The number of nitrogens with zero attached hydrogens (tertiary/aromatic N) is 3. The first-order chi connectivity index (χ1) is 11.0.